The number of anilines is 2. The van der Waals surface area contributed by atoms with Gasteiger partial charge < -0.3 is 10.1 Å². The lowest BCUT2D eigenvalue weighted by Crippen LogP contribution is -2.17. The second-order valence-corrected chi connectivity index (χ2v) is 9.21. The summed E-state index contributed by atoms with van der Waals surface area (Å²) in [4.78, 5) is 12.2. The summed E-state index contributed by atoms with van der Waals surface area (Å²) in [5.74, 6) is -0.389. The van der Waals surface area contributed by atoms with E-state index in [9.17, 15) is 17.6 Å². The summed E-state index contributed by atoms with van der Waals surface area (Å²) in [6.45, 7) is 0.258. The molecule has 0 aliphatic rings. The SMILES string of the molecule is O=C(CCCOc1ccc(Cl)cc1Cl)Nc1ccccc1NS(=O)(=O)c1ccc(F)cc1. The van der Waals surface area contributed by atoms with Crippen molar-refractivity contribution in [3.8, 4) is 5.75 Å². The molecule has 2 N–H and O–H groups in total. The van der Waals surface area contributed by atoms with Crippen molar-refractivity contribution < 1.29 is 22.3 Å². The van der Waals surface area contributed by atoms with Gasteiger partial charge in [0.25, 0.3) is 10.0 Å². The van der Waals surface area contributed by atoms with Crippen LogP contribution < -0.4 is 14.8 Å². The van der Waals surface area contributed by atoms with Crippen LogP contribution >= 0.6 is 23.2 Å². The standard InChI is InChI=1S/C22H19Cl2FN2O4S/c23-15-7-12-21(18(24)14-15)31-13-3-6-22(28)26-19-4-1-2-5-20(19)27-32(29,30)17-10-8-16(25)9-11-17/h1-2,4-5,7-12,14,27H,3,6,13H2,(H,26,28). The van der Waals surface area contributed by atoms with Gasteiger partial charge >= 0.3 is 0 Å². The molecule has 0 bridgehead atoms. The summed E-state index contributed by atoms with van der Waals surface area (Å²) in [5.41, 5.74) is 0.485. The van der Waals surface area contributed by atoms with Gasteiger partial charge in [0, 0.05) is 11.4 Å². The Hall–Kier alpha value is -2.81. The van der Waals surface area contributed by atoms with E-state index in [0.29, 0.717) is 27.9 Å². The molecule has 0 radical (unpaired) electrons. The van der Waals surface area contributed by atoms with Crippen LogP contribution in [0.1, 0.15) is 12.8 Å². The first-order valence-corrected chi connectivity index (χ1v) is 11.7. The van der Waals surface area contributed by atoms with Gasteiger partial charge in [-0.05, 0) is 61.0 Å². The third-order valence-electron chi connectivity index (χ3n) is 4.27. The van der Waals surface area contributed by atoms with Crippen LogP contribution in [0.5, 0.6) is 5.75 Å². The molecular weight excluding hydrogens is 478 g/mol. The monoisotopic (exact) mass is 496 g/mol. The number of rotatable bonds is 9. The van der Waals surface area contributed by atoms with E-state index in [1.165, 1.54) is 6.07 Å². The molecule has 32 heavy (non-hydrogen) atoms. The van der Waals surface area contributed by atoms with E-state index in [1.807, 2.05) is 0 Å². The third kappa shape index (κ3) is 6.59. The number of hydrogen-bond donors (Lipinski definition) is 2. The number of amides is 1. The van der Waals surface area contributed by atoms with Gasteiger partial charge in [-0.15, -0.1) is 0 Å². The lowest BCUT2D eigenvalue weighted by molar-refractivity contribution is -0.116. The first kappa shape index (κ1) is 23.8. The number of halogens is 3. The molecule has 0 atom stereocenters. The number of nitrogens with one attached hydrogen (secondary N) is 2. The maximum Gasteiger partial charge on any atom is 0.261 e. The van der Waals surface area contributed by atoms with Gasteiger partial charge in [0.2, 0.25) is 5.91 Å². The highest BCUT2D eigenvalue weighted by Gasteiger charge is 2.17. The fourth-order valence-electron chi connectivity index (χ4n) is 2.72. The molecule has 0 saturated heterocycles. The highest BCUT2D eigenvalue weighted by atomic mass is 35.5. The zero-order valence-electron chi connectivity index (χ0n) is 16.6. The number of carbonyl (C=O) groups excluding carboxylic acids is 1. The Balaban J connectivity index is 1.57. The van der Waals surface area contributed by atoms with Crippen LogP contribution in [-0.4, -0.2) is 20.9 Å². The van der Waals surface area contributed by atoms with Crippen LogP contribution in [0.4, 0.5) is 15.8 Å². The number of para-hydroxylation sites is 2. The van der Waals surface area contributed by atoms with Crippen LogP contribution in [0.3, 0.4) is 0 Å². The molecule has 6 nitrogen and oxygen atoms in total. The van der Waals surface area contributed by atoms with Crippen LogP contribution in [0.25, 0.3) is 0 Å². The molecule has 1 amide bonds. The van der Waals surface area contributed by atoms with Crippen molar-refractivity contribution in [3.05, 3.63) is 82.6 Å². The quantitative estimate of drug-likeness (QED) is 0.370. The molecule has 0 heterocycles. The normalized spacial score (nSPS) is 11.1. The van der Waals surface area contributed by atoms with Crippen LogP contribution in [-0.2, 0) is 14.8 Å². The predicted octanol–water partition coefficient (Wildman–Crippen LogP) is 5.73. The Morgan fingerprint density at radius 1 is 0.969 bits per heavy atom. The molecule has 0 unspecified atom stereocenters. The summed E-state index contributed by atoms with van der Waals surface area (Å²) in [7, 11) is -3.96. The first-order valence-electron chi connectivity index (χ1n) is 9.50. The van der Waals surface area contributed by atoms with Gasteiger partial charge in [-0.25, -0.2) is 12.8 Å². The van der Waals surface area contributed by atoms with E-state index in [2.05, 4.69) is 10.0 Å². The largest absolute Gasteiger partial charge is 0.492 e. The number of hydrogen-bond acceptors (Lipinski definition) is 4. The summed E-state index contributed by atoms with van der Waals surface area (Å²) in [6, 6.07) is 15.7. The molecule has 0 saturated carbocycles. The average molecular weight is 497 g/mol. The molecule has 3 aromatic rings. The van der Waals surface area contributed by atoms with Crippen LogP contribution in [0.2, 0.25) is 10.0 Å². The first-order chi connectivity index (χ1) is 15.2. The Morgan fingerprint density at radius 2 is 1.66 bits per heavy atom. The molecule has 0 fully saturated rings. The molecule has 0 aliphatic heterocycles. The fourth-order valence-corrected chi connectivity index (χ4v) is 4.26. The van der Waals surface area contributed by atoms with Crippen molar-refractivity contribution >= 4 is 50.5 Å². The second-order valence-electron chi connectivity index (χ2n) is 6.68. The minimum atomic E-state index is -3.96. The molecular formula is C22H19Cl2FN2O4S. The molecule has 3 aromatic carbocycles. The highest BCUT2D eigenvalue weighted by Crippen LogP contribution is 2.28. The second kappa shape index (κ2) is 10.7. The molecule has 3 rings (SSSR count). The van der Waals surface area contributed by atoms with E-state index in [1.54, 1.807) is 36.4 Å². The van der Waals surface area contributed by atoms with Crippen LogP contribution in [0.15, 0.2) is 71.6 Å². The van der Waals surface area contributed by atoms with Gasteiger partial charge in [0.1, 0.15) is 11.6 Å². The predicted molar refractivity (Wildman–Crippen MR) is 123 cm³/mol. The minimum Gasteiger partial charge on any atom is -0.492 e. The van der Waals surface area contributed by atoms with E-state index >= 15 is 0 Å². The van der Waals surface area contributed by atoms with E-state index in [4.69, 9.17) is 27.9 Å². The smallest absolute Gasteiger partial charge is 0.261 e. The Morgan fingerprint density at radius 3 is 2.34 bits per heavy atom. The molecule has 0 spiro atoms. The Bertz CT molecular complexity index is 1200. The number of ether oxygens (including phenoxy) is 1. The molecule has 0 aliphatic carbocycles. The molecule has 10 heteroatoms. The lowest BCUT2D eigenvalue weighted by atomic mass is 10.2. The summed E-state index contributed by atoms with van der Waals surface area (Å²) < 4.78 is 46.2. The zero-order valence-corrected chi connectivity index (χ0v) is 19.0. The zero-order chi connectivity index (χ0) is 23.1. The van der Waals surface area contributed by atoms with E-state index in [0.717, 1.165) is 24.3 Å². The number of sulfonamides is 1. The molecule has 168 valence electrons. The van der Waals surface area contributed by atoms with Gasteiger partial charge in [-0.3, -0.25) is 9.52 Å². The van der Waals surface area contributed by atoms with E-state index in [-0.39, 0.29) is 29.5 Å². The van der Waals surface area contributed by atoms with Crippen LogP contribution in [0, 0.1) is 5.82 Å². The summed E-state index contributed by atoms with van der Waals surface area (Å²) in [5, 5.41) is 3.56. The summed E-state index contributed by atoms with van der Waals surface area (Å²) >= 11 is 11.9. The van der Waals surface area contributed by atoms with Gasteiger partial charge in [0.15, 0.2) is 0 Å². The summed E-state index contributed by atoms with van der Waals surface area (Å²) in [6.07, 6.45) is 0.554. The van der Waals surface area contributed by atoms with E-state index < -0.39 is 15.8 Å². The van der Waals surface area contributed by atoms with Crippen molar-refractivity contribution in [2.75, 3.05) is 16.6 Å². The van der Waals surface area contributed by atoms with Gasteiger partial charge in [-0.2, -0.15) is 0 Å². The minimum absolute atomic E-state index is 0.0990. The van der Waals surface area contributed by atoms with Crippen molar-refractivity contribution in [3.63, 3.8) is 0 Å². The molecule has 0 aromatic heterocycles. The van der Waals surface area contributed by atoms with Crippen molar-refractivity contribution in [2.24, 2.45) is 0 Å². The Kier molecular flexibility index (Phi) is 7.95. The topological polar surface area (TPSA) is 84.5 Å². The fraction of sp³-hybridized carbons (Fsp3) is 0.136. The highest BCUT2D eigenvalue weighted by molar-refractivity contribution is 7.92. The number of benzene rings is 3. The van der Waals surface area contributed by atoms with Crippen molar-refractivity contribution in [2.45, 2.75) is 17.7 Å². The van der Waals surface area contributed by atoms with Gasteiger partial charge in [-0.1, -0.05) is 35.3 Å². The van der Waals surface area contributed by atoms with Crippen molar-refractivity contribution in [1.82, 2.24) is 0 Å². The Labute approximate surface area is 195 Å². The average Bonchev–Trinajstić information content (AvgIpc) is 2.74. The van der Waals surface area contributed by atoms with Gasteiger partial charge in [0.05, 0.1) is 27.9 Å². The maximum absolute atomic E-state index is 13.1. The third-order valence-corrected chi connectivity index (χ3v) is 6.18. The maximum atomic E-state index is 13.1. The van der Waals surface area contributed by atoms with Crippen molar-refractivity contribution in [1.29, 1.82) is 0 Å². The number of carbonyl (C=O) groups is 1. The lowest BCUT2D eigenvalue weighted by Gasteiger charge is -2.14.